The van der Waals surface area contributed by atoms with E-state index in [4.69, 9.17) is 0 Å². The third-order valence-electron chi connectivity index (χ3n) is 5.95. The number of amides is 3. The molecule has 0 atom stereocenters. The fourth-order valence-electron chi connectivity index (χ4n) is 4.07. The number of urea groups is 1. The molecule has 1 heterocycles. The lowest BCUT2D eigenvalue weighted by Crippen LogP contribution is -2.54. The Morgan fingerprint density at radius 2 is 1.74 bits per heavy atom. The first-order valence-electron chi connectivity index (χ1n) is 11.0. The summed E-state index contributed by atoms with van der Waals surface area (Å²) in [5.41, 5.74) is 0.835. The standard InChI is InChI=1S/C22H32F2N4O3/c1-26(15-17-7-9-19(10-8-17)31-21(23)24)20(29)16-27-11-13-28(14-12-27)22(30)25-18-5-3-2-4-6-18/h7-10,18,21H,2-6,11-16H2,1H3,(H,25,30). The van der Waals surface area contributed by atoms with Crippen molar-refractivity contribution in [3.63, 3.8) is 0 Å². The van der Waals surface area contributed by atoms with Crippen LogP contribution in [0.4, 0.5) is 13.6 Å². The van der Waals surface area contributed by atoms with E-state index in [9.17, 15) is 18.4 Å². The highest BCUT2D eigenvalue weighted by molar-refractivity contribution is 5.78. The zero-order valence-corrected chi connectivity index (χ0v) is 18.1. The van der Waals surface area contributed by atoms with Crippen LogP contribution in [0, 0.1) is 0 Å². The number of hydrogen-bond acceptors (Lipinski definition) is 4. The van der Waals surface area contributed by atoms with Gasteiger partial charge in [-0.05, 0) is 30.5 Å². The van der Waals surface area contributed by atoms with E-state index in [0.29, 0.717) is 45.3 Å². The number of likely N-dealkylation sites (N-methyl/N-ethyl adjacent to an activating group) is 1. The molecule has 3 rings (SSSR count). The van der Waals surface area contributed by atoms with Crippen LogP contribution in [-0.4, -0.2) is 79.1 Å². The molecule has 0 unspecified atom stereocenters. The van der Waals surface area contributed by atoms with Gasteiger partial charge in [0.2, 0.25) is 5.91 Å². The lowest BCUT2D eigenvalue weighted by Gasteiger charge is -2.36. The Morgan fingerprint density at radius 1 is 1.10 bits per heavy atom. The fraction of sp³-hybridized carbons (Fsp3) is 0.636. The normalized spacial score (nSPS) is 18.1. The van der Waals surface area contributed by atoms with Gasteiger partial charge in [0.15, 0.2) is 0 Å². The first-order valence-corrected chi connectivity index (χ1v) is 11.0. The number of alkyl halides is 2. The van der Waals surface area contributed by atoms with Crippen molar-refractivity contribution in [2.24, 2.45) is 0 Å². The van der Waals surface area contributed by atoms with Gasteiger partial charge in [0.05, 0.1) is 6.54 Å². The van der Waals surface area contributed by atoms with Gasteiger partial charge in [-0.1, -0.05) is 31.4 Å². The summed E-state index contributed by atoms with van der Waals surface area (Å²) >= 11 is 0. The maximum atomic E-state index is 12.6. The molecule has 1 aliphatic carbocycles. The van der Waals surface area contributed by atoms with Gasteiger partial charge in [0.25, 0.3) is 0 Å². The van der Waals surface area contributed by atoms with Gasteiger partial charge in [-0.25, -0.2) is 4.79 Å². The van der Waals surface area contributed by atoms with E-state index >= 15 is 0 Å². The van der Waals surface area contributed by atoms with E-state index in [2.05, 4.69) is 15.0 Å². The molecular weight excluding hydrogens is 406 g/mol. The predicted molar refractivity (Wildman–Crippen MR) is 113 cm³/mol. The van der Waals surface area contributed by atoms with Crippen molar-refractivity contribution >= 4 is 11.9 Å². The molecule has 9 heteroatoms. The average Bonchev–Trinajstić information content (AvgIpc) is 2.76. The number of piperazine rings is 1. The lowest BCUT2D eigenvalue weighted by molar-refractivity contribution is -0.132. The minimum atomic E-state index is -2.85. The molecule has 1 saturated heterocycles. The van der Waals surface area contributed by atoms with Gasteiger partial charge >= 0.3 is 12.6 Å². The summed E-state index contributed by atoms with van der Waals surface area (Å²) in [6, 6.07) is 6.59. The second-order valence-electron chi connectivity index (χ2n) is 8.32. The molecule has 1 aliphatic heterocycles. The fourth-order valence-corrected chi connectivity index (χ4v) is 4.07. The first-order chi connectivity index (χ1) is 14.9. The molecule has 1 saturated carbocycles. The quantitative estimate of drug-likeness (QED) is 0.711. The van der Waals surface area contributed by atoms with Gasteiger partial charge in [0.1, 0.15) is 5.75 Å². The monoisotopic (exact) mass is 438 g/mol. The Bertz CT molecular complexity index is 718. The second kappa shape index (κ2) is 11.3. The predicted octanol–water partition coefficient (Wildman–Crippen LogP) is 2.91. The molecule has 0 bridgehead atoms. The summed E-state index contributed by atoms with van der Waals surface area (Å²) in [5.74, 6) is 0.0751. The van der Waals surface area contributed by atoms with E-state index in [1.54, 1.807) is 24.1 Å². The van der Waals surface area contributed by atoms with Gasteiger partial charge in [0, 0.05) is 45.8 Å². The maximum absolute atomic E-state index is 12.6. The van der Waals surface area contributed by atoms with Crippen LogP contribution in [0.15, 0.2) is 24.3 Å². The maximum Gasteiger partial charge on any atom is 0.387 e. The van der Waals surface area contributed by atoms with Crippen molar-refractivity contribution < 1.29 is 23.1 Å². The minimum absolute atomic E-state index is 0.00858. The van der Waals surface area contributed by atoms with E-state index in [0.717, 1.165) is 18.4 Å². The molecule has 172 valence electrons. The smallest absolute Gasteiger partial charge is 0.387 e. The highest BCUT2D eigenvalue weighted by atomic mass is 19.3. The zero-order valence-electron chi connectivity index (χ0n) is 18.1. The summed E-state index contributed by atoms with van der Waals surface area (Å²) in [7, 11) is 1.72. The third kappa shape index (κ3) is 7.34. The van der Waals surface area contributed by atoms with Crippen LogP contribution in [0.25, 0.3) is 0 Å². The Kier molecular flexibility index (Phi) is 8.45. The number of nitrogens with one attached hydrogen (secondary N) is 1. The molecular formula is C22H32F2N4O3. The number of benzene rings is 1. The molecule has 2 aliphatic rings. The number of halogens is 2. The van der Waals surface area contributed by atoms with Gasteiger partial charge in [-0.3, -0.25) is 9.69 Å². The zero-order chi connectivity index (χ0) is 22.2. The van der Waals surface area contributed by atoms with Crippen LogP contribution < -0.4 is 10.1 Å². The average molecular weight is 439 g/mol. The Morgan fingerprint density at radius 3 is 2.35 bits per heavy atom. The molecule has 3 amide bonds. The van der Waals surface area contributed by atoms with Crippen molar-refractivity contribution in [2.75, 3.05) is 39.8 Å². The van der Waals surface area contributed by atoms with Crippen LogP contribution in [0.2, 0.25) is 0 Å². The van der Waals surface area contributed by atoms with E-state index in [1.807, 2.05) is 4.90 Å². The molecule has 1 N–H and O–H groups in total. The number of rotatable bonds is 7. The van der Waals surface area contributed by atoms with E-state index < -0.39 is 6.61 Å². The van der Waals surface area contributed by atoms with Crippen molar-refractivity contribution in [1.82, 2.24) is 20.0 Å². The first kappa shape index (κ1) is 23.2. The number of hydrogen-bond donors (Lipinski definition) is 1. The number of carbonyl (C=O) groups excluding carboxylic acids is 2. The Balaban J connectivity index is 1.38. The second-order valence-corrected chi connectivity index (χ2v) is 8.32. The van der Waals surface area contributed by atoms with Crippen molar-refractivity contribution in [3.8, 4) is 5.75 Å². The minimum Gasteiger partial charge on any atom is -0.435 e. The van der Waals surface area contributed by atoms with Crippen LogP contribution in [0.3, 0.4) is 0 Å². The Labute approximate surface area is 182 Å². The molecule has 0 aromatic heterocycles. The van der Waals surface area contributed by atoms with E-state index in [-0.39, 0.29) is 17.7 Å². The SMILES string of the molecule is CN(Cc1ccc(OC(F)F)cc1)C(=O)CN1CCN(C(=O)NC2CCCCC2)CC1. The summed E-state index contributed by atoms with van der Waals surface area (Å²) in [4.78, 5) is 30.5. The topological polar surface area (TPSA) is 65.1 Å². The summed E-state index contributed by atoms with van der Waals surface area (Å²) in [5, 5.41) is 3.15. The molecule has 0 radical (unpaired) electrons. The van der Waals surface area contributed by atoms with Gasteiger partial charge in [-0.2, -0.15) is 8.78 Å². The number of ether oxygens (including phenoxy) is 1. The largest absolute Gasteiger partial charge is 0.435 e. The molecule has 1 aromatic carbocycles. The number of nitrogens with zero attached hydrogens (tertiary/aromatic N) is 3. The number of carbonyl (C=O) groups is 2. The van der Waals surface area contributed by atoms with Crippen molar-refractivity contribution in [1.29, 1.82) is 0 Å². The van der Waals surface area contributed by atoms with E-state index in [1.165, 1.54) is 31.4 Å². The summed E-state index contributed by atoms with van der Waals surface area (Å²) in [6.45, 7) is 0.379. The molecule has 2 fully saturated rings. The summed E-state index contributed by atoms with van der Waals surface area (Å²) < 4.78 is 28.8. The highest BCUT2D eigenvalue weighted by Gasteiger charge is 2.25. The van der Waals surface area contributed by atoms with Crippen LogP contribution >= 0.6 is 0 Å². The van der Waals surface area contributed by atoms with Gasteiger partial charge in [-0.15, -0.1) is 0 Å². The van der Waals surface area contributed by atoms with Gasteiger partial charge < -0.3 is 19.9 Å². The van der Waals surface area contributed by atoms with Crippen LogP contribution in [0.5, 0.6) is 5.75 Å². The third-order valence-corrected chi connectivity index (χ3v) is 5.95. The van der Waals surface area contributed by atoms with Crippen LogP contribution in [-0.2, 0) is 11.3 Å². The molecule has 1 aromatic rings. The molecule has 7 nitrogen and oxygen atoms in total. The molecule has 0 spiro atoms. The lowest BCUT2D eigenvalue weighted by atomic mass is 9.96. The Hall–Kier alpha value is -2.42. The highest BCUT2D eigenvalue weighted by Crippen LogP contribution is 2.18. The molecule has 31 heavy (non-hydrogen) atoms. The van der Waals surface area contributed by atoms with Crippen LogP contribution in [0.1, 0.15) is 37.7 Å². The van der Waals surface area contributed by atoms with Crippen molar-refractivity contribution in [3.05, 3.63) is 29.8 Å². The van der Waals surface area contributed by atoms with Crippen molar-refractivity contribution in [2.45, 2.75) is 51.3 Å². The summed E-state index contributed by atoms with van der Waals surface area (Å²) in [6.07, 6.45) is 5.75.